The second-order valence-electron chi connectivity index (χ2n) is 10.5. The lowest BCUT2D eigenvalue weighted by molar-refractivity contribution is -0.278. The number of hydrogen-bond acceptors (Lipinski definition) is 14. The summed E-state index contributed by atoms with van der Waals surface area (Å²) in [7, 11) is 0. The Bertz CT molecular complexity index is 1500. The normalized spacial score (nSPS) is 27.4. The van der Waals surface area contributed by atoms with E-state index in [1.165, 1.54) is 23.2 Å². The average molecular weight is 651 g/mol. The van der Waals surface area contributed by atoms with Crippen molar-refractivity contribution in [1.29, 1.82) is 0 Å². The SMILES string of the molecule is O=C(O)CCC(=O)OC[C@H]1O[C@@H](Oc2cc3c(cc2O)N(/C=C/C2=CC(C(=O)O)=N[C@H](C(=O)O)C2)[C@H](C(=O)O)C3)[C@H](O)[C@@H](O)[C@@H]1O. The van der Waals surface area contributed by atoms with Crippen molar-refractivity contribution in [2.75, 3.05) is 11.5 Å². The molecule has 0 aliphatic carbocycles. The van der Waals surface area contributed by atoms with Gasteiger partial charge in [-0.1, -0.05) is 0 Å². The first-order valence-electron chi connectivity index (χ1n) is 13.7. The molecule has 0 amide bonds. The number of ether oxygens (including phenoxy) is 3. The number of phenolic OH excluding ortho intramolecular Hbond substituents is 1. The van der Waals surface area contributed by atoms with Crippen molar-refractivity contribution in [3.63, 3.8) is 0 Å². The molecule has 18 heteroatoms. The van der Waals surface area contributed by atoms with Crippen LogP contribution in [-0.4, -0.2) is 126 Å². The lowest BCUT2D eigenvalue weighted by Crippen LogP contribution is -2.60. The Kier molecular flexibility index (Phi) is 10.3. The molecule has 3 aliphatic heterocycles. The molecule has 0 bridgehead atoms. The molecular weight excluding hydrogens is 620 g/mol. The third kappa shape index (κ3) is 7.60. The van der Waals surface area contributed by atoms with Crippen LogP contribution in [0.1, 0.15) is 24.8 Å². The van der Waals surface area contributed by atoms with Gasteiger partial charge in [-0.05, 0) is 29.4 Å². The number of anilines is 1. The number of carbonyl (C=O) groups excluding carboxylic acids is 1. The van der Waals surface area contributed by atoms with Crippen molar-refractivity contribution in [3.8, 4) is 11.5 Å². The van der Waals surface area contributed by atoms with Crippen LogP contribution in [0, 0.1) is 0 Å². The van der Waals surface area contributed by atoms with Gasteiger partial charge in [-0.15, -0.1) is 0 Å². The maximum absolute atomic E-state index is 12.1. The van der Waals surface area contributed by atoms with E-state index in [-0.39, 0.29) is 29.9 Å². The third-order valence-electron chi connectivity index (χ3n) is 7.34. The van der Waals surface area contributed by atoms with Crippen LogP contribution >= 0.6 is 0 Å². The van der Waals surface area contributed by atoms with Crippen LogP contribution in [0.15, 0.2) is 41.1 Å². The number of carbonyl (C=O) groups is 5. The van der Waals surface area contributed by atoms with Crippen LogP contribution in [0.3, 0.4) is 0 Å². The Hall–Kier alpha value is -5.04. The molecule has 248 valence electrons. The van der Waals surface area contributed by atoms with Crippen molar-refractivity contribution in [2.24, 2.45) is 4.99 Å². The summed E-state index contributed by atoms with van der Waals surface area (Å²) in [4.78, 5) is 62.3. The Morgan fingerprint density at radius 1 is 0.957 bits per heavy atom. The van der Waals surface area contributed by atoms with Crippen LogP contribution in [-0.2, 0) is 39.9 Å². The van der Waals surface area contributed by atoms with Gasteiger partial charge < -0.3 is 60.0 Å². The molecule has 1 saturated heterocycles. The summed E-state index contributed by atoms with van der Waals surface area (Å²) in [6.45, 7) is -0.634. The zero-order valence-electron chi connectivity index (χ0n) is 23.7. The number of allylic oxidation sites excluding steroid dienone is 1. The fourth-order valence-electron chi connectivity index (χ4n) is 4.96. The number of phenols is 1. The predicted octanol–water partition coefficient (Wildman–Crippen LogP) is -1.38. The molecule has 0 spiro atoms. The molecule has 7 atom stereocenters. The molecule has 0 aromatic heterocycles. The molecule has 1 aromatic rings. The summed E-state index contributed by atoms with van der Waals surface area (Å²) < 4.78 is 16.0. The van der Waals surface area contributed by atoms with E-state index in [4.69, 9.17) is 19.3 Å². The number of aromatic hydroxyl groups is 1. The van der Waals surface area contributed by atoms with E-state index in [2.05, 4.69) is 4.99 Å². The minimum absolute atomic E-state index is 0.116. The largest absolute Gasteiger partial charge is 0.504 e. The van der Waals surface area contributed by atoms with Gasteiger partial charge in [0, 0.05) is 30.8 Å². The molecule has 1 aromatic carbocycles. The van der Waals surface area contributed by atoms with Gasteiger partial charge in [0.2, 0.25) is 6.29 Å². The quantitative estimate of drug-likeness (QED) is 0.121. The fraction of sp³-hybridized carbons (Fsp3) is 0.429. The summed E-state index contributed by atoms with van der Waals surface area (Å²) in [5.41, 5.74) is 0.303. The lowest BCUT2D eigenvalue weighted by Gasteiger charge is -2.40. The first-order chi connectivity index (χ1) is 21.7. The number of aliphatic hydroxyl groups is 3. The predicted molar refractivity (Wildman–Crippen MR) is 149 cm³/mol. The van der Waals surface area contributed by atoms with Gasteiger partial charge in [-0.3, -0.25) is 14.6 Å². The molecule has 4 rings (SSSR count). The van der Waals surface area contributed by atoms with Gasteiger partial charge in [0.05, 0.1) is 12.8 Å². The van der Waals surface area contributed by atoms with E-state index in [0.29, 0.717) is 5.56 Å². The minimum atomic E-state index is -1.86. The van der Waals surface area contributed by atoms with Crippen molar-refractivity contribution in [2.45, 2.75) is 68.5 Å². The number of aliphatic imine (C=N–C) groups is 1. The van der Waals surface area contributed by atoms with E-state index in [9.17, 15) is 59.7 Å². The molecule has 0 radical (unpaired) electrons. The topological polar surface area (TPSA) is 290 Å². The van der Waals surface area contributed by atoms with Crippen molar-refractivity contribution in [1.82, 2.24) is 0 Å². The van der Waals surface area contributed by atoms with Crippen LogP contribution in [0.2, 0.25) is 0 Å². The highest BCUT2D eigenvalue weighted by Gasteiger charge is 2.46. The highest BCUT2D eigenvalue weighted by Crippen LogP contribution is 2.42. The number of aliphatic hydroxyl groups excluding tert-OH is 3. The summed E-state index contributed by atoms with van der Waals surface area (Å²) in [6, 6.07) is -0.152. The number of fused-ring (bicyclic) bond motifs is 1. The number of nitrogens with zero attached hydrogens (tertiary/aromatic N) is 2. The van der Waals surface area contributed by atoms with Crippen LogP contribution < -0.4 is 9.64 Å². The Morgan fingerprint density at radius 2 is 1.67 bits per heavy atom. The van der Waals surface area contributed by atoms with Crippen LogP contribution in [0.4, 0.5) is 5.69 Å². The molecule has 1 fully saturated rings. The third-order valence-corrected chi connectivity index (χ3v) is 7.34. The van der Waals surface area contributed by atoms with E-state index < -0.39 is 104 Å². The summed E-state index contributed by atoms with van der Waals surface area (Å²) in [6.07, 6.45) is -6.04. The zero-order chi connectivity index (χ0) is 33.9. The van der Waals surface area contributed by atoms with Crippen LogP contribution in [0.25, 0.3) is 0 Å². The number of dihydropyridines is 1. The minimum Gasteiger partial charge on any atom is -0.504 e. The van der Waals surface area contributed by atoms with Gasteiger partial charge in [-0.25, -0.2) is 14.4 Å². The van der Waals surface area contributed by atoms with E-state index in [1.54, 1.807) is 0 Å². The summed E-state index contributed by atoms with van der Waals surface area (Å²) in [5.74, 6) is -7.07. The van der Waals surface area contributed by atoms with Crippen LogP contribution in [0.5, 0.6) is 11.5 Å². The van der Waals surface area contributed by atoms with E-state index >= 15 is 0 Å². The number of rotatable bonds is 12. The van der Waals surface area contributed by atoms with Crippen molar-refractivity contribution >= 4 is 41.2 Å². The first kappa shape index (κ1) is 33.8. The molecule has 3 aliphatic rings. The van der Waals surface area contributed by atoms with E-state index in [1.807, 2.05) is 0 Å². The number of carboxylic acids is 4. The van der Waals surface area contributed by atoms with Gasteiger partial charge in [0.25, 0.3) is 0 Å². The number of aliphatic carboxylic acids is 4. The van der Waals surface area contributed by atoms with Crippen molar-refractivity contribution < 1.29 is 79.0 Å². The van der Waals surface area contributed by atoms with E-state index in [0.717, 1.165) is 12.1 Å². The standard InChI is InChI=1S/C28H30N2O16/c31-17-9-15-12(7-16(27(42)43)30(15)4-3-11-5-13(25(38)39)29-14(6-11)26(40)41)8-18(17)45-28-24(37)23(36)22(35)19(46-28)10-44-21(34)2-1-20(32)33/h3-5,8-9,14,16,19,22-24,28,31,35-37H,1-2,6-7,10H2,(H,32,33)(H,38,39)(H,40,41)(H,42,43)/b4-3+/t14-,16-,19+,22+,23-,24+,28+/m0/s1. The van der Waals surface area contributed by atoms with Gasteiger partial charge in [-0.2, -0.15) is 0 Å². The number of esters is 1. The van der Waals surface area contributed by atoms with Crippen molar-refractivity contribution in [3.05, 3.63) is 41.6 Å². The first-order valence-corrected chi connectivity index (χ1v) is 13.7. The molecule has 8 N–H and O–H groups in total. The average Bonchev–Trinajstić information content (AvgIpc) is 3.35. The molecule has 46 heavy (non-hydrogen) atoms. The smallest absolute Gasteiger partial charge is 0.354 e. The maximum Gasteiger partial charge on any atom is 0.354 e. The number of benzene rings is 1. The summed E-state index contributed by atoms with van der Waals surface area (Å²) >= 11 is 0. The molecular formula is C28H30N2O16. The highest BCUT2D eigenvalue weighted by atomic mass is 16.7. The monoisotopic (exact) mass is 650 g/mol. The molecule has 3 heterocycles. The second kappa shape index (κ2) is 13.9. The Labute approximate surface area is 258 Å². The second-order valence-corrected chi connectivity index (χ2v) is 10.5. The maximum atomic E-state index is 12.1. The van der Waals surface area contributed by atoms with Gasteiger partial charge in [0.15, 0.2) is 17.5 Å². The Balaban J connectivity index is 1.53. The molecule has 18 nitrogen and oxygen atoms in total. The lowest BCUT2D eigenvalue weighted by atomic mass is 9.99. The number of carboxylic acid groups (broad SMARTS) is 4. The fourth-order valence-corrected chi connectivity index (χ4v) is 4.96. The summed E-state index contributed by atoms with van der Waals surface area (Å²) in [5, 5.41) is 79.0. The number of hydrogen-bond donors (Lipinski definition) is 8. The Morgan fingerprint density at radius 3 is 2.30 bits per heavy atom. The molecule has 0 saturated carbocycles. The molecule has 0 unspecified atom stereocenters. The highest BCUT2D eigenvalue weighted by molar-refractivity contribution is 6.41. The van der Waals surface area contributed by atoms with Gasteiger partial charge in [0.1, 0.15) is 42.8 Å². The zero-order valence-corrected chi connectivity index (χ0v) is 23.7. The van der Waals surface area contributed by atoms with Gasteiger partial charge >= 0.3 is 29.8 Å².